The molecular weight excluding hydrogens is 198 g/mol. The first-order valence-corrected chi connectivity index (χ1v) is 6.62. The molecule has 0 aromatic heterocycles. The van der Waals surface area contributed by atoms with Crippen LogP contribution >= 0.6 is 0 Å². The fourth-order valence-corrected chi connectivity index (χ4v) is 2.43. The van der Waals surface area contributed by atoms with Crippen molar-refractivity contribution in [1.29, 1.82) is 0 Å². The molecule has 1 aliphatic heterocycles. The third kappa shape index (κ3) is 3.31. The number of hydrogen-bond donors (Lipinski definition) is 0. The molecule has 0 amide bonds. The van der Waals surface area contributed by atoms with Gasteiger partial charge < -0.3 is 4.90 Å². The minimum Gasteiger partial charge on any atom is -0.301 e. The molecule has 0 aromatic rings. The fraction of sp³-hybridized carbons (Fsp3) is 0.929. The Balaban J connectivity index is 2.52. The monoisotopic (exact) mass is 225 g/mol. The van der Waals surface area contributed by atoms with Gasteiger partial charge in [0, 0.05) is 17.9 Å². The second-order valence-electron chi connectivity index (χ2n) is 6.21. The van der Waals surface area contributed by atoms with E-state index in [0.29, 0.717) is 17.7 Å². The standard InChI is InChI=1S/C14H27NO/c1-11(2)10-13(16)14(5)6-8-15(9-7-14)12(3)4/h11-12H,6-10H2,1-5H3. The summed E-state index contributed by atoms with van der Waals surface area (Å²) < 4.78 is 0. The van der Waals surface area contributed by atoms with Crippen molar-refractivity contribution in [2.24, 2.45) is 11.3 Å². The van der Waals surface area contributed by atoms with Crippen molar-refractivity contribution in [3.05, 3.63) is 0 Å². The minimum atomic E-state index is -0.0460. The number of piperidine rings is 1. The summed E-state index contributed by atoms with van der Waals surface area (Å²) in [6, 6.07) is 0.616. The van der Waals surface area contributed by atoms with Gasteiger partial charge in [-0.15, -0.1) is 0 Å². The van der Waals surface area contributed by atoms with E-state index in [1.807, 2.05) is 0 Å². The Kier molecular flexibility index (Phi) is 4.54. The Morgan fingerprint density at radius 2 is 1.69 bits per heavy atom. The summed E-state index contributed by atoms with van der Waals surface area (Å²) in [7, 11) is 0. The third-order valence-electron chi connectivity index (χ3n) is 3.90. The highest BCUT2D eigenvalue weighted by Crippen LogP contribution is 2.34. The maximum absolute atomic E-state index is 12.2. The average Bonchev–Trinajstić information content (AvgIpc) is 2.17. The zero-order chi connectivity index (χ0) is 12.3. The number of likely N-dealkylation sites (tertiary alicyclic amines) is 1. The van der Waals surface area contributed by atoms with Crippen molar-refractivity contribution in [1.82, 2.24) is 4.90 Å². The fourth-order valence-electron chi connectivity index (χ4n) is 2.43. The lowest BCUT2D eigenvalue weighted by molar-refractivity contribution is -0.131. The molecule has 0 spiro atoms. The molecular formula is C14H27NO. The third-order valence-corrected chi connectivity index (χ3v) is 3.90. The number of rotatable bonds is 4. The van der Waals surface area contributed by atoms with Crippen molar-refractivity contribution in [2.75, 3.05) is 13.1 Å². The van der Waals surface area contributed by atoms with Gasteiger partial charge in [0.2, 0.25) is 0 Å². The van der Waals surface area contributed by atoms with E-state index < -0.39 is 0 Å². The molecule has 0 N–H and O–H groups in total. The molecule has 1 fully saturated rings. The highest BCUT2D eigenvalue weighted by atomic mass is 16.1. The molecule has 0 saturated carbocycles. The summed E-state index contributed by atoms with van der Waals surface area (Å²) in [4.78, 5) is 14.7. The number of carbonyl (C=O) groups excluding carboxylic acids is 1. The first kappa shape index (κ1) is 13.7. The summed E-state index contributed by atoms with van der Waals surface area (Å²) in [5.41, 5.74) is -0.0460. The SMILES string of the molecule is CC(C)CC(=O)C1(C)CCN(C(C)C)CC1. The van der Waals surface area contributed by atoms with E-state index in [-0.39, 0.29) is 5.41 Å². The lowest BCUT2D eigenvalue weighted by atomic mass is 9.74. The van der Waals surface area contributed by atoms with Gasteiger partial charge in [0.15, 0.2) is 0 Å². The molecule has 1 rings (SSSR count). The second-order valence-corrected chi connectivity index (χ2v) is 6.21. The van der Waals surface area contributed by atoms with Crippen LogP contribution in [-0.2, 0) is 4.79 Å². The second kappa shape index (κ2) is 5.31. The largest absolute Gasteiger partial charge is 0.301 e. The van der Waals surface area contributed by atoms with Gasteiger partial charge in [0.05, 0.1) is 0 Å². The van der Waals surface area contributed by atoms with Gasteiger partial charge in [-0.3, -0.25) is 4.79 Å². The number of carbonyl (C=O) groups is 1. The van der Waals surface area contributed by atoms with Gasteiger partial charge >= 0.3 is 0 Å². The molecule has 16 heavy (non-hydrogen) atoms. The van der Waals surface area contributed by atoms with Crippen LogP contribution in [0.3, 0.4) is 0 Å². The molecule has 1 saturated heterocycles. The molecule has 1 heterocycles. The zero-order valence-corrected chi connectivity index (χ0v) is 11.5. The summed E-state index contributed by atoms with van der Waals surface area (Å²) >= 11 is 0. The quantitative estimate of drug-likeness (QED) is 0.732. The molecule has 0 atom stereocenters. The highest BCUT2D eigenvalue weighted by molar-refractivity contribution is 5.84. The Hall–Kier alpha value is -0.370. The van der Waals surface area contributed by atoms with Crippen LogP contribution in [0.2, 0.25) is 0 Å². The predicted molar refractivity (Wildman–Crippen MR) is 68.5 cm³/mol. The van der Waals surface area contributed by atoms with Crippen molar-refractivity contribution < 1.29 is 4.79 Å². The summed E-state index contributed by atoms with van der Waals surface area (Å²) in [6.45, 7) is 13.1. The van der Waals surface area contributed by atoms with Crippen molar-refractivity contribution in [2.45, 2.75) is 59.9 Å². The molecule has 2 nitrogen and oxygen atoms in total. The summed E-state index contributed by atoms with van der Waals surface area (Å²) in [5.74, 6) is 0.971. The Labute approximate surface area is 100 Å². The average molecular weight is 225 g/mol. The maximum atomic E-state index is 12.2. The molecule has 0 unspecified atom stereocenters. The number of Topliss-reactive ketones (excluding diaryl/α,β-unsaturated/α-hetero) is 1. The Morgan fingerprint density at radius 3 is 2.06 bits per heavy atom. The number of ketones is 1. The van der Waals surface area contributed by atoms with E-state index in [0.717, 1.165) is 32.4 Å². The molecule has 0 radical (unpaired) electrons. The van der Waals surface area contributed by atoms with E-state index in [1.54, 1.807) is 0 Å². The lowest BCUT2D eigenvalue weighted by Gasteiger charge is -2.40. The normalized spacial score (nSPS) is 21.7. The van der Waals surface area contributed by atoms with Crippen LogP contribution in [0.15, 0.2) is 0 Å². The zero-order valence-electron chi connectivity index (χ0n) is 11.5. The van der Waals surface area contributed by atoms with Gasteiger partial charge in [-0.05, 0) is 45.7 Å². The van der Waals surface area contributed by atoms with Crippen LogP contribution in [0.1, 0.15) is 53.9 Å². The van der Waals surface area contributed by atoms with E-state index >= 15 is 0 Å². The van der Waals surface area contributed by atoms with Gasteiger partial charge in [-0.2, -0.15) is 0 Å². The van der Waals surface area contributed by atoms with Crippen LogP contribution in [0.5, 0.6) is 0 Å². The summed E-state index contributed by atoms with van der Waals surface area (Å²) in [6.07, 6.45) is 2.83. The number of hydrogen-bond acceptors (Lipinski definition) is 2. The van der Waals surface area contributed by atoms with Gasteiger partial charge in [-0.1, -0.05) is 20.8 Å². The van der Waals surface area contributed by atoms with Crippen molar-refractivity contribution >= 4 is 5.78 Å². The number of nitrogens with zero attached hydrogens (tertiary/aromatic N) is 1. The van der Waals surface area contributed by atoms with E-state index in [1.165, 1.54) is 0 Å². The maximum Gasteiger partial charge on any atom is 0.139 e. The smallest absolute Gasteiger partial charge is 0.139 e. The topological polar surface area (TPSA) is 20.3 Å². The Morgan fingerprint density at radius 1 is 1.19 bits per heavy atom. The van der Waals surface area contributed by atoms with E-state index in [9.17, 15) is 4.79 Å². The molecule has 0 aliphatic carbocycles. The van der Waals surface area contributed by atoms with Crippen LogP contribution in [0, 0.1) is 11.3 Å². The van der Waals surface area contributed by atoms with Crippen LogP contribution in [-0.4, -0.2) is 29.8 Å². The van der Waals surface area contributed by atoms with Crippen molar-refractivity contribution in [3.8, 4) is 0 Å². The molecule has 94 valence electrons. The van der Waals surface area contributed by atoms with Crippen molar-refractivity contribution in [3.63, 3.8) is 0 Å². The first-order chi connectivity index (χ1) is 7.35. The van der Waals surface area contributed by atoms with E-state index in [2.05, 4.69) is 39.5 Å². The molecule has 1 aliphatic rings. The van der Waals surface area contributed by atoms with Crippen LogP contribution in [0.4, 0.5) is 0 Å². The highest BCUT2D eigenvalue weighted by Gasteiger charge is 2.36. The Bertz CT molecular complexity index is 237. The van der Waals surface area contributed by atoms with E-state index in [4.69, 9.17) is 0 Å². The predicted octanol–water partition coefficient (Wildman–Crippen LogP) is 3.11. The molecule has 0 aromatic carbocycles. The van der Waals surface area contributed by atoms with Crippen LogP contribution in [0.25, 0.3) is 0 Å². The lowest BCUT2D eigenvalue weighted by Crippen LogP contribution is -2.45. The minimum absolute atomic E-state index is 0.0460. The summed E-state index contributed by atoms with van der Waals surface area (Å²) in [5, 5.41) is 0. The first-order valence-electron chi connectivity index (χ1n) is 6.62. The molecule has 0 bridgehead atoms. The van der Waals surface area contributed by atoms with Gasteiger partial charge in [-0.25, -0.2) is 0 Å². The van der Waals surface area contributed by atoms with Gasteiger partial charge in [0.1, 0.15) is 5.78 Å². The van der Waals surface area contributed by atoms with Gasteiger partial charge in [0.25, 0.3) is 0 Å². The van der Waals surface area contributed by atoms with Crippen LogP contribution < -0.4 is 0 Å². The molecule has 2 heteroatoms.